The van der Waals surface area contributed by atoms with E-state index in [4.69, 9.17) is 4.74 Å². The first-order valence-corrected chi connectivity index (χ1v) is 7.60. The molecular formula is C18H17F3N2O2. The maximum absolute atomic E-state index is 12.8. The summed E-state index contributed by atoms with van der Waals surface area (Å²) in [5.74, 6) is -0.0425. The fourth-order valence-electron chi connectivity index (χ4n) is 2.04. The van der Waals surface area contributed by atoms with Crippen molar-refractivity contribution in [2.75, 3.05) is 6.61 Å². The molecule has 0 radical (unpaired) electrons. The zero-order valence-electron chi connectivity index (χ0n) is 13.5. The Bertz CT molecular complexity index is 741. The SMILES string of the molecule is CCc1ccc(OCC(=O)N/N=C\c2ccccc2C(F)(F)F)cc1. The monoisotopic (exact) mass is 350 g/mol. The van der Waals surface area contributed by atoms with Crippen LogP contribution in [0.25, 0.3) is 0 Å². The highest BCUT2D eigenvalue weighted by molar-refractivity contribution is 5.84. The van der Waals surface area contributed by atoms with Gasteiger partial charge in [-0.1, -0.05) is 37.3 Å². The van der Waals surface area contributed by atoms with E-state index in [2.05, 4.69) is 10.5 Å². The molecule has 132 valence electrons. The summed E-state index contributed by atoms with van der Waals surface area (Å²) in [4.78, 5) is 11.6. The Kier molecular flexibility index (Phi) is 6.16. The Morgan fingerprint density at radius 1 is 1.16 bits per heavy atom. The molecule has 0 bridgehead atoms. The van der Waals surface area contributed by atoms with Crippen molar-refractivity contribution in [1.82, 2.24) is 5.43 Å². The van der Waals surface area contributed by atoms with Crippen LogP contribution in [0.5, 0.6) is 5.75 Å². The number of nitrogens with zero attached hydrogens (tertiary/aromatic N) is 1. The van der Waals surface area contributed by atoms with Gasteiger partial charge in [-0.2, -0.15) is 18.3 Å². The maximum atomic E-state index is 12.8. The molecule has 1 N–H and O–H groups in total. The summed E-state index contributed by atoms with van der Waals surface area (Å²) >= 11 is 0. The van der Waals surface area contributed by atoms with Crippen LogP contribution in [0.1, 0.15) is 23.6 Å². The molecule has 0 saturated carbocycles. The van der Waals surface area contributed by atoms with Crippen molar-refractivity contribution in [3.8, 4) is 5.75 Å². The largest absolute Gasteiger partial charge is 0.484 e. The molecule has 0 fully saturated rings. The van der Waals surface area contributed by atoms with Gasteiger partial charge in [-0.05, 0) is 30.2 Å². The van der Waals surface area contributed by atoms with Crippen molar-refractivity contribution < 1.29 is 22.7 Å². The molecule has 0 aromatic heterocycles. The molecule has 7 heteroatoms. The number of hydrogen-bond donors (Lipinski definition) is 1. The number of aryl methyl sites for hydroxylation is 1. The third-order valence-corrected chi connectivity index (χ3v) is 3.36. The molecule has 0 aliphatic rings. The average Bonchev–Trinajstić information content (AvgIpc) is 2.60. The highest BCUT2D eigenvalue weighted by atomic mass is 19.4. The lowest BCUT2D eigenvalue weighted by molar-refractivity contribution is -0.137. The number of carbonyl (C=O) groups excluding carboxylic acids is 1. The molecule has 2 rings (SSSR count). The smallest absolute Gasteiger partial charge is 0.417 e. The summed E-state index contributed by atoms with van der Waals surface area (Å²) in [6.45, 7) is 1.74. The summed E-state index contributed by atoms with van der Waals surface area (Å²) in [6.07, 6.45) is -2.63. The summed E-state index contributed by atoms with van der Waals surface area (Å²) in [5, 5.41) is 3.55. The number of benzene rings is 2. The van der Waals surface area contributed by atoms with Gasteiger partial charge in [0, 0.05) is 5.56 Å². The number of rotatable bonds is 6. The first-order chi connectivity index (χ1) is 11.9. The van der Waals surface area contributed by atoms with Gasteiger partial charge >= 0.3 is 6.18 Å². The van der Waals surface area contributed by atoms with Gasteiger partial charge in [-0.3, -0.25) is 4.79 Å². The van der Waals surface area contributed by atoms with E-state index in [1.54, 1.807) is 12.1 Å². The number of alkyl halides is 3. The Balaban J connectivity index is 1.88. The lowest BCUT2D eigenvalue weighted by atomic mass is 10.1. The Hall–Kier alpha value is -2.83. The lowest BCUT2D eigenvalue weighted by Gasteiger charge is -2.09. The second kappa shape index (κ2) is 8.32. The number of halogens is 3. The van der Waals surface area contributed by atoms with Crippen molar-refractivity contribution in [2.45, 2.75) is 19.5 Å². The second-order valence-electron chi connectivity index (χ2n) is 5.16. The molecule has 0 heterocycles. The normalized spacial score (nSPS) is 11.5. The Morgan fingerprint density at radius 3 is 2.48 bits per heavy atom. The van der Waals surface area contributed by atoms with Crippen molar-refractivity contribution in [3.63, 3.8) is 0 Å². The minimum Gasteiger partial charge on any atom is -0.484 e. The first kappa shape index (κ1) is 18.5. The van der Waals surface area contributed by atoms with E-state index in [0.29, 0.717) is 5.75 Å². The fourth-order valence-corrected chi connectivity index (χ4v) is 2.04. The molecule has 0 atom stereocenters. The molecule has 25 heavy (non-hydrogen) atoms. The van der Waals surface area contributed by atoms with Crippen molar-refractivity contribution in [3.05, 3.63) is 65.2 Å². The van der Waals surface area contributed by atoms with E-state index in [0.717, 1.165) is 24.3 Å². The molecule has 0 spiro atoms. The quantitative estimate of drug-likeness (QED) is 0.636. The van der Waals surface area contributed by atoms with Gasteiger partial charge in [0.25, 0.3) is 5.91 Å². The summed E-state index contributed by atoms with van der Waals surface area (Å²) in [5.41, 5.74) is 2.33. The molecule has 0 aliphatic carbocycles. The number of nitrogens with one attached hydrogen (secondary N) is 1. The predicted octanol–water partition coefficient (Wildman–Crippen LogP) is 3.80. The second-order valence-corrected chi connectivity index (χ2v) is 5.16. The Morgan fingerprint density at radius 2 is 1.84 bits per heavy atom. The van der Waals surface area contributed by atoms with Crippen LogP contribution in [0.15, 0.2) is 53.6 Å². The average molecular weight is 350 g/mol. The van der Waals surface area contributed by atoms with Crippen LogP contribution in [0.4, 0.5) is 13.2 Å². The van der Waals surface area contributed by atoms with Crippen LogP contribution < -0.4 is 10.2 Å². The fraction of sp³-hybridized carbons (Fsp3) is 0.222. The zero-order chi connectivity index (χ0) is 18.3. The van der Waals surface area contributed by atoms with Crippen molar-refractivity contribution in [1.29, 1.82) is 0 Å². The molecule has 1 amide bonds. The highest BCUT2D eigenvalue weighted by Crippen LogP contribution is 2.30. The van der Waals surface area contributed by atoms with Gasteiger partial charge < -0.3 is 4.74 Å². The molecule has 0 aliphatic heterocycles. The number of hydrogen-bond acceptors (Lipinski definition) is 3. The van der Waals surface area contributed by atoms with Crippen molar-refractivity contribution in [2.24, 2.45) is 5.10 Å². The molecule has 2 aromatic rings. The van der Waals surface area contributed by atoms with E-state index in [1.807, 2.05) is 19.1 Å². The zero-order valence-corrected chi connectivity index (χ0v) is 13.5. The third kappa shape index (κ3) is 5.63. The van der Waals surface area contributed by atoms with E-state index in [-0.39, 0.29) is 12.2 Å². The number of ether oxygens (including phenoxy) is 1. The van der Waals surface area contributed by atoms with Crippen LogP contribution in [-0.2, 0) is 17.4 Å². The van der Waals surface area contributed by atoms with E-state index in [9.17, 15) is 18.0 Å². The maximum Gasteiger partial charge on any atom is 0.417 e. The van der Waals surface area contributed by atoms with Gasteiger partial charge in [0.1, 0.15) is 5.75 Å². The summed E-state index contributed by atoms with van der Waals surface area (Å²) < 4.78 is 43.8. The van der Waals surface area contributed by atoms with Gasteiger partial charge in [0.05, 0.1) is 11.8 Å². The number of hydrazone groups is 1. The van der Waals surface area contributed by atoms with Crippen LogP contribution in [0.2, 0.25) is 0 Å². The van der Waals surface area contributed by atoms with Gasteiger partial charge in [-0.15, -0.1) is 0 Å². The standard InChI is InChI=1S/C18H17F3N2O2/c1-2-13-7-9-15(10-8-13)25-12-17(24)23-22-11-14-5-3-4-6-16(14)18(19,20)21/h3-11H,2,12H2,1H3,(H,23,24)/b22-11-. The predicted molar refractivity (Wildman–Crippen MR) is 88.5 cm³/mol. The molecule has 0 unspecified atom stereocenters. The Labute approximate surface area is 143 Å². The summed E-state index contributed by atoms with van der Waals surface area (Å²) in [7, 11) is 0. The molecule has 2 aromatic carbocycles. The highest BCUT2D eigenvalue weighted by Gasteiger charge is 2.32. The van der Waals surface area contributed by atoms with Gasteiger partial charge in [-0.25, -0.2) is 5.43 Å². The van der Waals surface area contributed by atoms with Crippen LogP contribution in [0, 0.1) is 0 Å². The van der Waals surface area contributed by atoms with E-state index in [1.165, 1.54) is 18.2 Å². The topological polar surface area (TPSA) is 50.7 Å². The van der Waals surface area contributed by atoms with Crippen LogP contribution >= 0.6 is 0 Å². The summed E-state index contributed by atoms with van der Waals surface area (Å²) in [6, 6.07) is 12.2. The number of carbonyl (C=O) groups is 1. The lowest BCUT2D eigenvalue weighted by Crippen LogP contribution is -2.24. The minimum atomic E-state index is -4.49. The third-order valence-electron chi connectivity index (χ3n) is 3.36. The van der Waals surface area contributed by atoms with Crippen LogP contribution in [-0.4, -0.2) is 18.7 Å². The van der Waals surface area contributed by atoms with Crippen LogP contribution in [0.3, 0.4) is 0 Å². The van der Waals surface area contributed by atoms with Gasteiger partial charge in [0.15, 0.2) is 6.61 Å². The molecule has 0 saturated heterocycles. The number of amides is 1. The minimum absolute atomic E-state index is 0.133. The van der Waals surface area contributed by atoms with E-state index < -0.39 is 17.6 Å². The molecule has 4 nitrogen and oxygen atoms in total. The van der Waals surface area contributed by atoms with Gasteiger partial charge in [0.2, 0.25) is 0 Å². The van der Waals surface area contributed by atoms with E-state index >= 15 is 0 Å². The first-order valence-electron chi connectivity index (χ1n) is 7.60. The van der Waals surface area contributed by atoms with Crippen molar-refractivity contribution >= 4 is 12.1 Å². The molecular weight excluding hydrogens is 333 g/mol.